The van der Waals surface area contributed by atoms with Crippen molar-refractivity contribution in [2.24, 2.45) is 4.99 Å². The Morgan fingerprint density at radius 2 is 1.81 bits per heavy atom. The quantitative estimate of drug-likeness (QED) is 0.736. The van der Waals surface area contributed by atoms with Crippen molar-refractivity contribution >= 4 is 44.0 Å². The Morgan fingerprint density at radius 1 is 1.06 bits per heavy atom. The Labute approximate surface area is 190 Å². The van der Waals surface area contributed by atoms with Crippen LogP contribution in [0.1, 0.15) is 10.4 Å². The van der Waals surface area contributed by atoms with Crippen LogP contribution >= 0.6 is 11.8 Å². The highest BCUT2D eigenvalue weighted by molar-refractivity contribution is 8.15. The van der Waals surface area contributed by atoms with E-state index in [1.165, 1.54) is 23.9 Å². The average Bonchev–Trinajstić information content (AvgIpc) is 3.26. The average molecular weight is 475 g/mol. The van der Waals surface area contributed by atoms with E-state index in [0.717, 1.165) is 11.4 Å². The predicted octanol–water partition coefficient (Wildman–Crippen LogP) is 2.47. The number of benzene rings is 2. The summed E-state index contributed by atoms with van der Waals surface area (Å²) in [5, 5.41) is 3.91. The molecule has 10 heteroatoms. The van der Waals surface area contributed by atoms with Crippen molar-refractivity contribution in [3.05, 3.63) is 59.9 Å². The van der Waals surface area contributed by atoms with Crippen LogP contribution in [0.3, 0.4) is 0 Å². The molecule has 1 N–H and O–H groups in total. The molecule has 0 aliphatic carbocycles. The van der Waals surface area contributed by atoms with Crippen molar-refractivity contribution < 1.29 is 17.6 Å². The number of sulfone groups is 1. The van der Waals surface area contributed by atoms with Crippen LogP contribution in [-0.2, 0) is 9.84 Å². The van der Waals surface area contributed by atoms with Gasteiger partial charge >= 0.3 is 0 Å². The van der Waals surface area contributed by atoms with Crippen LogP contribution in [0.2, 0.25) is 0 Å². The number of halogens is 1. The zero-order chi connectivity index (χ0) is 22.3. The molecule has 0 bridgehead atoms. The lowest BCUT2D eigenvalue weighted by atomic mass is 10.1. The van der Waals surface area contributed by atoms with Gasteiger partial charge in [0.05, 0.1) is 17.5 Å². The largest absolute Gasteiger partial charge is 0.368 e. The van der Waals surface area contributed by atoms with Crippen molar-refractivity contribution in [3.63, 3.8) is 0 Å². The van der Waals surface area contributed by atoms with Crippen molar-refractivity contribution in [3.8, 4) is 0 Å². The van der Waals surface area contributed by atoms with Gasteiger partial charge in [0.15, 0.2) is 15.0 Å². The lowest BCUT2D eigenvalue weighted by molar-refractivity contribution is 0.0747. The van der Waals surface area contributed by atoms with Gasteiger partial charge < -0.3 is 15.1 Å². The van der Waals surface area contributed by atoms with E-state index < -0.39 is 9.84 Å². The number of nitrogens with zero attached hydrogens (tertiary/aromatic N) is 3. The summed E-state index contributed by atoms with van der Waals surface area (Å²) in [7, 11) is -2.98. The fraction of sp³-hybridized carbons (Fsp3) is 0.364. The summed E-state index contributed by atoms with van der Waals surface area (Å²) in [5.41, 5.74) is 2.31. The van der Waals surface area contributed by atoms with Crippen LogP contribution in [0.4, 0.5) is 15.8 Å². The molecular weight excluding hydrogens is 451 g/mol. The molecule has 5 rings (SSSR count). The SMILES string of the molecule is O=C(c1cccc(NC2=N[C@H]3CS(=O)(=O)C[C@H]3S2)c1)N1CCN(c2ccc(F)cc2)CC1. The molecule has 0 saturated carbocycles. The number of amides is 1. The summed E-state index contributed by atoms with van der Waals surface area (Å²) < 4.78 is 36.6. The Kier molecular flexibility index (Phi) is 5.58. The van der Waals surface area contributed by atoms with Crippen LogP contribution in [0.25, 0.3) is 0 Å². The number of hydrogen-bond acceptors (Lipinski definition) is 7. The molecule has 0 aromatic heterocycles. The number of nitrogens with one attached hydrogen (secondary N) is 1. The Hall–Kier alpha value is -2.59. The van der Waals surface area contributed by atoms with Gasteiger partial charge in [0, 0.05) is 48.4 Å². The summed E-state index contributed by atoms with van der Waals surface area (Å²) in [6.45, 7) is 2.56. The fourth-order valence-corrected chi connectivity index (χ4v) is 7.95. The fourth-order valence-electron chi connectivity index (χ4n) is 4.27. The third-order valence-electron chi connectivity index (χ3n) is 5.94. The van der Waals surface area contributed by atoms with Crippen LogP contribution in [0.5, 0.6) is 0 Å². The summed E-state index contributed by atoms with van der Waals surface area (Å²) in [4.78, 5) is 21.5. The molecule has 2 saturated heterocycles. The smallest absolute Gasteiger partial charge is 0.254 e. The second kappa shape index (κ2) is 8.40. The number of fused-ring (bicyclic) bond motifs is 1. The van der Waals surface area contributed by atoms with Crippen LogP contribution in [-0.4, -0.2) is 73.4 Å². The monoisotopic (exact) mass is 474 g/mol. The summed E-state index contributed by atoms with van der Waals surface area (Å²) in [6, 6.07) is 13.5. The van der Waals surface area contributed by atoms with E-state index in [2.05, 4.69) is 15.2 Å². The number of carbonyl (C=O) groups is 1. The van der Waals surface area contributed by atoms with E-state index in [9.17, 15) is 17.6 Å². The number of carbonyl (C=O) groups excluding carboxylic acids is 1. The van der Waals surface area contributed by atoms with Gasteiger partial charge in [0.1, 0.15) is 5.82 Å². The van der Waals surface area contributed by atoms with Gasteiger partial charge in [-0.3, -0.25) is 9.79 Å². The molecule has 168 valence electrons. The molecule has 0 spiro atoms. The molecule has 32 heavy (non-hydrogen) atoms. The second-order valence-corrected chi connectivity index (χ2v) is 11.6. The molecule has 3 heterocycles. The van der Waals surface area contributed by atoms with Gasteiger partial charge in [0.2, 0.25) is 0 Å². The highest BCUT2D eigenvalue weighted by Gasteiger charge is 2.42. The third-order valence-corrected chi connectivity index (χ3v) is 9.08. The van der Waals surface area contributed by atoms with E-state index in [-0.39, 0.29) is 34.5 Å². The lowest BCUT2D eigenvalue weighted by Crippen LogP contribution is -2.48. The predicted molar refractivity (Wildman–Crippen MR) is 126 cm³/mol. The number of amidine groups is 1. The van der Waals surface area contributed by atoms with Gasteiger partial charge in [-0.25, -0.2) is 12.8 Å². The third kappa shape index (κ3) is 4.47. The topological polar surface area (TPSA) is 82.1 Å². The zero-order valence-electron chi connectivity index (χ0n) is 17.3. The zero-order valence-corrected chi connectivity index (χ0v) is 18.9. The second-order valence-electron chi connectivity index (χ2n) is 8.20. The van der Waals surface area contributed by atoms with Gasteiger partial charge in [0.25, 0.3) is 5.91 Å². The number of hydrogen-bond donors (Lipinski definition) is 1. The molecule has 3 aliphatic heterocycles. The Morgan fingerprint density at radius 3 is 2.53 bits per heavy atom. The first-order valence-electron chi connectivity index (χ1n) is 10.5. The number of rotatable bonds is 3. The molecule has 3 aliphatic rings. The van der Waals surface area contributed by atoms with E-state index in [0.29, 0.717) is 36.9 Å². The standard InChI is InChI=1S/C22H23FN4O3S2/c23-16-4-6-18(7-5-16)26-8-10-27(11-9-26)21(28)15-2-1-3-17(12-15)24-22-25-19-13-32(29,30)14-20(19)31-22/h1-7,12,19-20H,8-11,13-14H2,(H,24,25)/t19-,20+/m0/s1. The minimum atomic E-state index is -2.98. The first-order chi connectivity index (χ1) is 15.4. The van der Waals surface area contributed by atoms with Crippen molar-refractivity contribution in [1.29, 1.82) is 0 Å². The minimum Gasteiger partial charge on any atom is -0.368 e. The van der Waals surface area contributed by atoms with Gasteiger partial charge in [-0.15, -0.1) is 0 Å². The van der Waals surface area contributed by atoms with Crippen molar-refractivity contribution in [2.45, 2.75) is 11.3 Å². The van der Waals surface area contributed by atoms with Crippen molar-refractivity contribution in [2.75, 3.05) is 47.9 Å². The summed E-state index contributed by atoms with van der Waals surface area (Å²) in [6.07, 6.45) is 0. The Bertz CT molecular complexity index is 1160. The molecule has 0 unspecified atom stereocenters. The van der Waals surface area contributed by atoms with Crippen LogP contribution in [0, 0.1) is 5.82 Å². The van der Waals surface area contributed by atoms with Gasteiger partial charge in [-0.2, -0.15) is 0 Å². The number of thioether (sulfide) groups is 1. The number of piperazine rings is 1. The maximum atomic E-state index is 13.2. The number of anilines is 2. The number of aliphatic imine (C=N–C) groups is 1. The van der Waals surface area contributed by atoms with E-state index in [1.807, 2.05) is 23.1 Å². The molecule has 2 aromatic carbocycles. The molecule has 0 radical (unpaired) electrons. The highest BCUT2D eigenvalue weighted by atomic mass is 32.2. The van der Waals surface area contributed by atoms with E-state index >= 15 is 0 Å². The normalized spacial score (nSPS) is 24.2. The van der Waals surface area contributed by atoms with E-state index in [4.69, 9.17) is 0 Å². The highest BCUT2D eigenvalue weighted by Crippen LogP contribution is 2.34. The minimum absolute atomic E-state index is 0.0234. The molecule has 2 fully saturated rings. The molecule has 7 nitrogen and oxygen atoms in total. The molecule has 1 amide bonds. The Balaban J connectivity index is 1.20. The summed E-state index contributed by atoms with van der Waals surface area (Å²) in [5.74, 6) is -0.0137. The molecular formula is C22H23FN4O3S2. The van der Waals surface area contributed by atoms with Crippen LogP contribution < -0.4 is 10.2 Å². The first-order valence-corrected chi connectivity index (χ1v) is 13.2. The first kappa shape index (κ1) is 21.3. The molecule has 2 atom stereocenters. The van der Waals surface area contributed by atoms with Crippen LogP contribution in [0.15, 0.2) is 53.5 Å². The van der Waals surface area contributed by atoms with Gasteiger partial charge in [-0.05, 0) is 42.5 Å². The van der Waals surface area contributed by atoms with Gasteiger partial charge in [-0.1, -0.05) is 17.8 Å². The maximum absolute atomic E-state index is 13.2. The molecule has 2 aromatic rings. The van der Waals surface area contributed by atoms with Crippen molar-refractivity contribution in [1.82, 2.24) is 4.90 Å². The lowest BCUT2D eigenvalue weighted by Gasteiger charge is -2.36. The summed E-state index contributed by atoms with van der Waals surface area (Å²) >= 11 is 1.46. The van der Waals surface area contributed by atoms with E-state index in [1.54, 1.807) is 18.2 Å². The maximum Gasteiger partial charge on any atom is 0.254 e.